The maximum atomic E-state index is 5.87. The molecule has 118 valence electrons. The van der Waals surface area contributed by atoms with Gasteiger partial charge in [0.05, 0.1) is 18.2 Å². The summed E-state index contributed by atoms with van der Waals surface area (Å²) in [4.78, 5) is 6.88. The summed E-state index contributed by atoms with van der Waals surface area (Å²) in [6.07, 6.45) is 0.267. The lowest BCUT2D eigenvalue weighted by Gasteiger charge is -2.34. The van der Waals surface area contributed by atoms with Gasteiger partial charge in [0.25, 0.3) is 0 Å². The topological polar surface area (TPSA) is 37.4 Å². The van der Waals surface area contributed by atoms with Gasteiger partial charge in [-0.25, -0.2) is 0 Å². The first kappa shape index (κ1) is 15.4. The summed E-state index contributed by atoms with van der Waals surface area (Å²) in [5.74, 6) is 0. The second-order valence-electron chi connectivity index (χ2n) is 6.32. The Hall–Kier alpha value is -1.49. The number of morpholine rings is 1. The molecule has 1 N–H and O–H groups in total. The van der Waals surface area contributed by atoms with Gasteiger partial charge in [0, 0.05) is 36.8 Å². The quantitative estimate of drug-likeness (QED) is 0.940. The van der Waals surface area contributed by atoms with Crippen molar-refractivity contribution in [3.8, 4) is 0 Å². The van der Waals surface area contributed by atoms with E-state index in [4.69, 9.17) is 4.74 Å². The van der Waals surface area contributed by atoms with Gasteiger partial charge in [-0.2, -0.15) is 0 Å². The molecule has 0 aliphatic carbocycles. The van der Waals surface area contributed by atoms with Crippen LogP contribution in [-0.2, 0) is 11.3 Å². The first-order valence-electron chi connectivity index (χ1n) is 8.01. The van der Waals surface area contributed by atoms with E-state index in [1.54, 1.807) is 0 Å². The van der Waals surface area contributed by atoms with E-state index in [1.165, 1.54) is 10.9 Å². The summed E-state index contributed by atoms with van der Waals surface area (Å²) in [7, 11) is 2.15. The van der Waals surface area contributed by atoms with Gasteiger partial charge in [-0.15, -0.1) is 0 Å². The molecule has 2 heterocycles. The van der Waals surface area contributed by atoms with Crippen molar-refractivity contribution >= 4 is 10.9 Å². The summed E-state index contributed by atoms with van der Waals surface area (Å²) in [6, 6.07) is 11.0. The van der Waals surface area contributed by atoms with Crippen LogP contribution in [0.2, 0.25) is 0 Å². The maximum Gasteiger partial charge on any atom is 0.0852 e. The Kier molecular flexibility index (Phi) is 4.71. The molecular formula is C18H25N3O. The van der Waals surface area contributed by atoms with Crippen LogP contribution in [0.3, 0.4) is 0 Å². The third-order valence-electron chi connectivity index (χ3n) is 4.38. The number of benzene rings is 1. The molecule has 2 atom stereocenters. The predicted octanol–water partition coefficient (Wildman–Crippen LogP) is 2.35. The zero-order valence-electron chi connectivity index (χ0n) is 13.7. The monoisotopic (exact) mass is 299 g/mol. The summed E-state index contributed by atoms with van der Waals surface area (Å²) in [6.45, 7) is 7.94. The van der Waals surface area contributed by atoms with Crippen LogP contribution in [0.1, 0.15) is 18.2 Å². The van der Waals surface area contributed by atoms with Crippen molar-refractivity contribution in [1.29, 1.82) is 0 Å². The number of aryl methyl sites for hydroxylation is 1. The van der Waals surface area contributed by atoms with Gasteiger partial charge in [0.15, 0.2) is 0 Å². The summed E-state index contributed by atoms with van der Waals surface area (Å²) < 4.78 is 5.87. The van der Waals surface area contributed by atoms with Gasteiger partial charge in [-0.1, -0.05) is 12.1 Å². The Morgan fingerprint density at radius 1 is 1.36 bits per heavy atom. The highest BCUT2D eigenvalue weighted by molar-refractivity contribution is 5.79. The maximum absolute atomic E-state index is 5.87. The zero-order valence-corrected chi connectivity index (χ0v) is 13.7. The van der Waals surface area contributed by atoms with E-state index < -0.39 is 0 Å². The van der Waals surface area contributed by atoms with E-state index in [9.17, 15) is 0 Å². The van der Waals surface area contributed by atoms with Crippen molar-refractivity contribution in [2.24, 2.45) is 0 Å². The lowest BCUT2D eigenvalue weighted by molar-refractivity contribution is -0.0356. The second kappa shape index (κ2) is 6.73. The number of hydrogen-bond donors (Lipinski definition) is 1. The van der Waals surface area contributed by atoms with Gasteiger partial charge in [-0.3, -0.25) is 4.98 Å². The molecule has 1 aromatic heterocycles. The van der Waals surface area contributed by atoms with Crippen molar-refractivity contribution in [2.75, 3.05) is 26.7 Å². The van der Waals surface area contributed by atoms with E-state index in [0.717, 1.165) is 37.5 Å². The Morgan fingerprint density at radius 2 is 2.23 bits per heavy atom. The molecular weight excluding hydrogens is 274 g/mol. The van der Waals surface area contributed by atoms with Gasteiger partial charge >= 0.3 is 0 Å². The molecule has 0 unspecified atom stereocenters. The molecule has 1 saturated heterocycles. The average Bonchev–Trinajstić information content (AvgIpc) is 2.52. The van der Waals surface area contributed by atoms with Crippen LogP contribution in [0.4, 0.5) is 0 Å². The van der Waals surface area contributed by atoms with Gasteiger partial charge in [0.1, 0.15) is 0 Å². The van der Waals surface area contributed by atoms with Crippen molar-refractivity contribution in [1.82, 2.24) is 15.2 Å². The molecule has 0 spiro atoms. The number of nitrogens with one attached hydrogen (secondary N) is 1. The average molecular weight is 299 g/mol. The van der Waals surface area contributed by atoms with Crippen LogP contribution < -0.4 is 5.32 Å². The number of aromatic nitrogens is 1. The fourth-order valence-electron chi connectivity index (χ4n) is 2.91. The summed E-state index contributed by atoms with van der Waals surface area (Å²) >= 11 is 0. The van der Waals surface area contributed by atoms with E-state index in [1.807, 2.05) is 6.92 Å². The van der Waals surface area contributed by atoms with Crippen molar-refractivity contribution in [3.05, 3.63) is 41.6 Å². The van der Waals surface area contributed by atoms with Crippen molar-refractivity contribution in [3.63, 3.8) is 0 Å². The number of pyridine rings is 1. The van der Waals surface area contributed by atoms with E-state index in [2.05, 4.69) is 59.5 Å². The first-order valence-corrected chi connectivity index (χ1v) is 8.01. The molecule has 4 nitrogen and oxygen atoms in total. The highest BCUT2D eigenvalue weighted by Crippen LogP contribution is 2.15. The summed E-state index contributed by atoms with van der Waals surface area (Å²) in [5, 5.41) is 4.79. The number of likely N-dealkylation sites (N-methyl/N-ethyl adjacent to an activating group) is 1. The van der Waals surface area contributed by atoms with Crippen molar-refractivity contribution in [2.45, 2.75) is 32.5 Å². The molecule has 1 aliphatic heterocycles. The van der Waals surface area contributed by atoms with Crippen LogP contribution in [-0.4, -0.2) is 48.8 Å². The molecule has 2 aromatic rings. The molecule has 0 radical (unpaired) electrons. The summed E-state index contributed by atoms with van der Waals surface area (Å²) in [5.41, 5.74) is 3.41. The Bertz CT molecular complexity index is 643. The minimum Gasteiger partial charge on any atom is -0.374 e. The van der Waals surface area contributed by atoms with Crippen LogP contribution in [0, 0.1) is 6.92 Å². The predicted molar refractivity (Wildman–Crippen MR) is 90.0 cm³/mol. The third-order valence-corrected chi connectivity index (χ3v) is 4.38. The number of hydrogen-bond acceptors (Lipinski definition) is 4. The van der Waals surface area contributed by atoms with E-state index in [-0.39, 0.29) is 6.10 Å². The number of rotatable bonds is 4. The highest BCUT2D eigenvalue weighted by Gasteiger charge is 2.23. The first-order chi connectivity index (χ1) is 10.6. The van der Waals surface area contributed by atoms with Crippen LogP contribution in [0.15, 0.2) is 30.3 Å². The number of nitrogens with zero attached hydrogens (tertiary/aromatic N) is 2. The third kappa shape index (κ3) is 3.64. The molecule has 1 aliphatic rings. The SMILES string of the molecule is Cc1ccc2cc(CN[C@H](C)[C@H]3CN(C)CCO3)ccc2n1. The molecule has 0 bridgehead atoms. The fourth-order valence-corrected chi connectivity index (χ4v) is 2.91. The lowest BCUT2D eigenvalue weighted by atomic mass is 10.1. The van der Waals surface area contributed by atoms with Gasteiger partial charge < -0.3 is 15.0 Å². The van der Waals surface area contributed by atoms with Crippen LogP contribution in [0.5, 0.6) is 0 Å². The molecule has 22 heavy (non-hydrogen) atoms. The Morgan fingerprint density at radius 3 is 3.05 bits per heavy atom. The molecule has 1 aromatic carbocycles. The van der Waals surface area contributed by atoms with Gasteiger partial charge in [-0.05, 0) is 44.7 Å². The molecule has 3 rings (SSSR count). The minimum atomic E-state index is 0.267. The standard InChI is InChI=1S/C18H25N3O/c1-13-4-6-16-10-15(5-7-17(16)20-13)11-19-14(2)18-12-21(3)8-9-22-18/h4-7,10,14,18-19H,8-9,11-12H2,1-3H3/t14-,18-/m1/s1. The minimum absolute atomic E-state index is 0.267. The lowest BCUT2D eigenvalue weighted by Crippen LogP contribution is -2.49. The van der Waals surface area contributed by atoms with Crippen LogP contribution >= 0.6 is 0 Å². The van der Waals surface area contributed by atoms with E-state index >= 15 is 0 Å². The van der Waals surface area contributed by atoms with Gasteiger partial charge in [0.2, 0.25) is 0 Å². The number of fused-ring (bicyclic) bond motifs is 1. The molecule has 1 fully saturated rings. The number of ether oxygens (including phenoxy) is 1. The zero-order chi connectivity index (χ0) is 15.5. The van der Waals surface area contributed by atoms with E-state index in [0.29, 0.717) is 6.04 Å². The normalized spacial score (nSPS) is 21.1. The van der Waals surface area contributed by atoms with Crippen LogP contribution in [0.25, 0.3) is 10.9 Å². The second-order valence-corrected chi connectivity index (χ2v) is 6.32. The molecule has 0 saturated carbocycles. The highest BCUT2D eigenvalue weighted by atomic mass is 16.5. The largest absolute Gasteiger partial charge is 0.374 e. The molecule has 0 amide bonds. The van der Waals surface area contributed by atoms with Crippen molar-refractivity contribution < 1.29 is 4.74 Å². The molecule has 4 heteroatoms. The Labute approximate surface area is 132 Å². The smallest absolute Gasteiger partial charge is 0.0852 e. The fraction of sp³-hybridized carbons (Fsp3) is 0.500. The Balaban J connectivity index is 1.62.